The summed E-state index contributed by atoms with van der Waals surface area (Å²) < 4.78 is 43.7. The predicted molar refractivity (Wildman–Crippen MR) is 94.7 cm³/mol. The highest BCUT2D eigenvalue weighted by atomic mass is 32.2. The van der Waals surface area contributed by atoms with Crippen LogP contribution in [0.15, 0.2) is 41.4 Å². The summed E-state index contributed by atoms with van der Waals surface area (Å²) in [6.07, 6.45) is 3.02. The number of halogens is 1. The molecular weight excluding hydrogens is 355 g/mol. The molecule has 1 atom stereocenters. The molecule has 2 aromatic heterocycles. The summed E-state index contributed by atoms with van der Waals surface area (Å²) in [5.41, 5.74) is 2.93. The number of hydrogen-bond acceptors (Lipinski definition) is 4. The Morgan fingerprint density at radius 3 is 2.81 bits per heavy atom. The van der Waals surface area contributed by atoms with Gasteiger partial charge in [-0.05, 0) is 50.5 Å². The quantitative estimate of drug-likeness (QED) is 0.707. The Balaban J connectivity index is 1.82. The summed E-state index contributed by atoms with van der Waals surface area (Å²) in [5.74, 6) is -0.726. The van der Waals surface area contributed by atoms with E-state index in [1.165, 1.54) is 16.4 Å². The SMILES string of the molecule is Cc1ccc(F)c(S(=O)(=O)N2CCCC2c2ccnc3cc(C)nn23)c1. The maximum Gasteiger partial charge on any atom is 0.246 e. The van der Waals surface area contributed by atoms with Crippen LogP contribution < -0.4 is 0 Å². The smallest absolute Gasteiger partial charge is 0.237 e. The van der Waals surface area contributed by atoms with Gasteiger partial charge >= 0.3 is 0 Å². The van der Waals surface area contributed by atoms with Gasteiger partial charge in [0.15, 0.2) is 5.65 Å². The first-order valence-electron chi connectivity index (χ1n) is 8.47. The average molecular weight is 374 g/mol. The fourth-order valence-corrected chi connectivity index (χ4v) is 5.36. The Morgan fingerprint density at radius 2 is 2.00 bits per heavy atom. The maximum atomic E-state index is 14.3. The van der Waals surface area contributed by atoms with Gasteiger partial charge in [-0.25, -0.2) is 22.3 Å². The van der Waals surface area contributed by atoms with Crippen LogP contribution in [0.5, 0.6) is 0 Å². The first kappa shape index (κ1) is 17.1. The van der Waals surface area contributed by atoms with Crippen LogP contribution in [0.2, 0.25) is 0 Å². The van der Waals surface area contributed by atoms with Crippen LogP contribution in [0.1, 0.15) is 35.8 Å². The van der Waals surface area contributed by atoms with Gasteiger partial charge in [0, 0.05) is 18.8 Å². The molecule has 3 heterocycles. The number of aryl methyl sites for hydroxylation is 2. The standard InChI is InChI=1S/C18H19FN4O2S/c1-12-5-6-14(19)17(10-12)26(24,25)22-9-3-4-15(22)16-7-8-20-18-11-13(2)21-23(16)18/h5-8,10-11,15H,3-4,9H2,1-2H3. The third-order valence-electron chi connectivity index (χ3n) is 4.73. The zero-order valence-electron chi connectivity index (χ0n) is 14.6. The normalized spacial score (nSPS) is 18.7. The summed E-state index contributed by atoms with van der Waals surface area (Å²) in [5, 5.41) is 4.44. The summed E-state index contributed by atoms with van der Waals surface area (Å²) in [4.78, 5) is 4.01. The number of nitrogens with zero attached hydrogens (tertiary/aromatic N) is 4. The molecule has 1 aromatic carbocycles. The van der Waals surface area contributed by atoms with E-state index in [-0.39, 0.29) is 4.90 Å². The Bertz CT molecular complexity index is 1090. The van der Waals surface area contributed by atoms with Crippen LogP contribution in [0.25, 0.3) is 5.65 Å². The molecule has 0 bridgehead atoms. The number of benzene rings is 1. The molecule has 6 nitrogen and oxygen atoms in total. The van der Waals surface area contributed by atoms with Crippen LogP contribution >= 0.6 is 0 Å². The summed E-state index contributed by atoms with van der Waals surface area (Å²) in [6.45, 7) is 3.97. The molecule has 26 heavy (non-hydrogen) atoms. The second-order valence-electron chi connectivity index (χ2n) is 6.63. The topological polar surface area (TPSA) is 67.6 Å². The van der Waals surface area contributed by atoms with Gasteiger partial charge in [0.2, 0.25) is 10.0 Å². The lowest BCUT2D eigenvalue weighted by atomic mass is 10.1. The molecular formula is C18H19FN4O2S. The predicted octanol–water partition coefficient (Wildman–Crippen LogP) is 3.01. The molecule has 136 valence electrons. The Morgan fingerprint density at radius 1 is 1.19 bits per heavy atom. The molecule has 8 heteroatoms. The highest BCUT2D eigenvalue weighted by Crippen LogP contribution is 2.37. The number of fused-ring (bicyclic) bond motifs is 1. The van der Waals surface area contributed by atoms with E-state index in [0.29, 0.717) is 30.6 Å². The van der Waals surface area contributed by atoms with Crippen molar-refractivity contribution < 1.29 is 12.8 Å². The number of rotatable bonds is 3. The molecule has 1 unspecified atom stereocenters. The molecule has 0 N–H and O–H groups in total. The molecule has 1 fully saturated rings. The molecule has 3 aromatic rings. The number of hydrogen-bond donors (Lipinski definition) is 0. The van der Waals surface area contributed by atoms with Gasteiger partial charge in [-0.1, -0.05) is 6.07 Å². The molecule has 4 rings (SSSR count). The lowest BCUT2D eigenvalue weighted by Crippen LogP contribution is -2.32. The highest BCUT2D eigenvalue weighted by molar-refractivity contribution is 7.89. The van der Waals surface area contributed by atoms with Crippen molar-refractivity contribution in [2.24, 2.45) is 0 Å². The zero-order chi connectivity index (χ0) is 18.5. The molecule has 0 spiro atoms. The Labute approximate surface area is 151 Å². The molecule has 0 amide bonds. The number of sulfonamides is 1. The van der Waals surface area contributed by atoms with Crippen molar-refractivity contribution in [3.8, 4) is 0 Å². The Hall–Kier alpha value is -2.32. The van der Waals surface area contributed by atoms with Gasteiger partial charge in [-0.3, -0.25) is 0 Å². The van der Waals surface area contributed by atoms with Crippen molar-refractivity contribution in [3.05, 3.63) is 59.3 Å². The van der Waals surface area contributed by atoms with E-state index in [1.807, 2.05) is 13.0 Å². The minimum atomic E-state index is -3.95. The van der Waals surface area contributed by atoms with Crippen LogP contribution in [-0.4, -0.2) is 33.9 Å². The molecule has 0 radical (unpaired) electrons. The molecule has 0 saturated carbocycles. The molecule has 1 aliphatic rings. The molecule has 1 aliphatic heterocycles. The third-order valence-corrected chi connectivity index (χ3v) is 6.65. The van der Waals surface area contributed by atoms with Crippen LogP contribution in [0.3, 0.4) is 0 Å². The lowest BCUT2D eigenvalue weighted by molar-refractivity contribution is 0.382. The molecule has 0 aliphatic carbocycles. The van der Waals surface area contributed by atoms with Crippen molar-refractivity contribution in [2.45, 2.75) is 37.6 Å². The van der Waals surface area contributed by atoms with E-state index >= 15 is 0 Å². The zero-order valence-corrected chi connectivity index (χ0v) is 15.4. The van der Waals surface area contributed by atoms with Crippen molar-refractivity contribution in [1.29, 1.82) is 0 Å². The summed E-state index contributed by atoms with van der Waals surface area (Å²) >= 11 is 0. The van der Waals surface area contributed by atoms with Crippen LogP contribution in [-0.2, 0) is 10.0 Å². The second-order valence-corrected chi connectivity index (χ2v) is 8.49. The van der Waals surface area contributed by atoms with E-state index < -0.39 is 21.9 Å². The number of aromatic nitrogens is 3. The first-order chi connectivity index (χ1) is 12.4. The van der Waals surface area contributed by atoms with Gasteiger partial charge in [0.05, 0.1) is 17.4 Å². The highest BCUT2D eigenvalue weighted by Gasteiger charge is 2.38. The van der Waals surface area contributed by atoms with Gasteiger partial charge < -0.3 is 0 Å². The van der Waals surface area contributed by atoms with E-state index in [0.717, 1.165) is 11.4 Å². The fraction of sp³-hybridized carbons (Fsp3) is 0.333. The van der Waals surface area contributed by atoms with E-state index in [4.69, 9.17) is 0 Å². The minimum absolute atomic E-state index is 0.272. The van der Waals surface area contributed by atoms with E-state index in [9.17, 15) is 12.8 Å². The Kier molecular flexibility index (Phi) is 4.04. The molecule has 1 saturated heterocycles. The van der Waals surface area contributed by atoms with Crippen molar-refractivity contribution in [2.75, 3.05) is 6.54 Å². The van der Waals surface area contributed by atoms with Crippen LogP contribution in [0, 0.1) is 19.7 Å². The third kappa shape index (κ3) is 2.69. The second kappa shape index (κ2) is 6.14. The minimum Gasteiger partial charge on any atom is -0.237 e. The summed E-state index contributed by atoms with van der Waals surface area (Å²) in [7, 11) is -3.95. The van der Waals surface area contributed by atoms with Gasteiger partial charge in [0.25, 0.3) is 0 Å². The van der Waals surface area contributed by atoms with Gasteiger partial charge in [-0.2, -0.15) is 9.40 Å². The summed E-state index contributed by atoms with van der Waals surface area (Å²) in [6, 6.07) is 7.39. The lowest BCUT2D eigenvalue weighted by Gasteiger charge is -2.25. The largest absolute Gasteiger partial charge is 0.246 e. The van der Waals surface area contributed by atoms with Gasteiger partial charge in [-0.15, -0.1) is 0 Å². The van der Waals surface area contributed by atoms with E-state index in [1.54, 1.807) is 29.8 Å². The van der Waals surface area contributed by atoms with Crippen molar-refractivity contribution in [1.82, 2.24) is 18.9 Å². The van der Waals surface area contributed by atoms with E-state index in [2.05, 4.69) is 10.1 Å². The van der Waals surface area contributed by atoms with Crippen molar-refractivity contribution in [3.63, 3.8) is 0 Å². The van der Waals surface area contributed by atoms with Crippen molar-refractivity contribution >= 4 is 15.7 Å². The average Bonchev–Trinajstić information content (AvgIpc) is 3.22. The maximum absolute atomic E-state index is 14.3. The first-order valence-corrected chi connectivity index (χ1v) is 9.91. The fourth-order valence-electron chi connectivity index (χ4n) is 3.54. The van der Waals surface area contributed by atoms with Crippen LogP contribution in [0.4, 0.5) is 4.39 Å². The van der Waals surface area contributed by atoms with Gasteiger partial charge in [0.1, 0.15) is 10.7 Å². The monoisotopic (exact) mass is 374 g/mol.